The molecule has 0 aromatic carbocycles. The van der Waals surface area contributed by atoms with Crippen molar-refractivity contribution in [1.29, 1.82) is 0 Å². The van der Waals surface area contributed by atoms with Crippen molar-refractivity contribution in [3.05, 3.63) is 18.1 Å². The van der Waals surface area contributed by atoms with Gasteiger partial charge in [0.05, 0.1) is 6.61 Å². The molecule has 7 nitrogen and oxygen atoms in total. The molecule has 1 aliphatic rings. The van der Waals surface area contributed by atoms with E-state index in [4.69, 9.17) is 4.74 Å². The molecule has 2 rings (SSSR count). The van der Waals surface area contributed by atoms with E-state index in [1.54, 1.807) is 13.2 Å². The van der Waals surface area contributed by atoms with Gasteiger partial charge in [-0.05, 0) is 7.05 Å². The van der Waals surface area contributed by atoms with Crippen LogP contribution in [0.1, 0.15) is 10.5 Å². The van der Waals surface area contributed by atoms with E-state index in [1.165, 1.54) is 6.33 Å². The summed E-state index contributed by atoms with van der Waals surface area (Å²) in [6, 6.07) is 1.74. The lowest BCUT2D eigenvalue weighted by atomic mass is 10.3. The maximum absolute atomic E-state index is 11.9. The minimum Gasteiger partial charge on any atom is -0.383 e. The molecule has 0 aliphatic carbocycles. The average molecular weight is 279 g/mol. The van der Waals surface area contributed by atoms with E-state index < -0.39 is 0 Å². The lowest BCUT2D eigenvalue weighted by molar-refractivity contribution is 0.0932. The number of ether oxygens (including phenoxy) is 1. The maximum atomic E-state index is 11.9. The zero-order valence-electron chi connectivity index (χ0n) is 12.0. The normalized spacial score (nSPS) is 16.2. The van der Waals surface area contributed by atoms with Gasteiger partial charge in [0.1, 0.15) is 17.8 Å². The molecule has 0 saturated carbocycles. The van der Waals surface area contributed by atoms with Crippen LogP contribution in [-0.4, -0.2) is 74.3 Å². The smallest absolute Gasteiger partial charge is 0.270 e. The Labute approximate surface area is 118 Å². The monoisotopic (exact) mass is 279 g/mol. The number of nitrogens with one attached hydrogen (secondary N) is 1. The molecule has 1 aromatic rings. The molecule has 0 unspecified atom stereocenters. The highest BCUT2D eigenvalue weighted by Gasteiger charge is 2.17. The number of likely N-dealkylation sites (N-methyl/N-ethyl adjacent to an activating group) is 1. The maximum Gasteiger partial charge on any atom is 0.270 e. The van der Waals surface area contributed by atoms with Gasteiger partial charge >= 0.3 is 0 Å². The average Bonchev–Trinajstić information content (AvgIpc) is 2.48. The third kappa shape index (κ3) is 3.88. The van der Waals surface area contributed by atoms with Crippen LogP contribution >= 0.6 is 0 Å². The fourth-order valence-corrected chi connectivity index (χ4v) is 2.04. The Balaban J connectivity index is 1.98. The summed E-state index contributed by atoms with van der Waals surface area (Å²) >= 11 is 0. The van der Waals surface area contributed by atoms with Crippen molar-refractivity contribution >= 4 is 11.7 Å². The number of hydrogen-bond donors (Lipinski definition) is 1. The standard InChI is InChI=1S/C13H21N5O2/c1-17-4-6-18(7-5-17)12-9-11(15-10-16-12)13(19)14-3-8-20-2/h9-10H,3-8H2,1-2H3,(H,14,19). The number of rotatable bonds is 5. The van der Waals surface area contributed by atoms with Crippen LogP contribution in [0.15, 0.2) is 12.4 Å². The first kappa shape index (κ1) is 14.7. The first-order valence-corrected chi connectivity index (χ1v) is 6.73. The molecule has 110 valence electrons. The van der Waals surface area contributed by atoms with E-state index in [1.807, 2.05) is 0 Å². The Kier molecular flexibility index (Phi) is 5.25. The first-order valence-electron chi connectivity index (χ1n) is 6.73. The molecule has 1 aromatic heterocycles. The van der Waals surface area contributed by atoms with Crippen LogP contribution in [0.2, 0.25) is 0 Å². The van der Waals surface area contributed by atoms with Crippen LogP contribution < -0.4 is 10.2 Å². The van der Waals surface area contributed by atoms with Crippen LogP contribution in [0.25, 0.3) is 0 Å². The van der Waals surface area contributed by atoms with Crippen LogP contribution in [0.4, 0.5) is 5.82 Å². The Morgan fingerprint density at radius 1 is 1.35 bits per heavy atom. The number of piperazine rings is 1. The fraction of sp³-hybridized carbons (Fsp3) is 0.615. The molecule has 0 spiro atoms. The SMILES string of the molecule is COCCNC(=O)c1cc(N2CCN(C)CC2)ncn1. The molecular weight excluding hydrogens is 258 g/mol. The number of amides is 1. The van der Waals surface area contributed by atoms with E-state index in [0.29, 0.717) is 18.8 Å². The lowest BCUT2D eigenvalue weighted by Gasteiger charge is -2.33. The van der Waals surface area contributed by atoms with Crippen LogP contribution in [0.5, 0.6) is 0 Å². The summed E-state index contributed by atoms with van der Waals surface area (Å²) in [6.07, 6.45) is 1.44. The zero-order valence-corrected chi connectivity index (χ0v) is 12.0. The number of carbonyl (C=O) groups excluding carboxylic acids is 1. The third-order valence-electron chi connectivity index (χ3n) is 3.30. The molecule has 0 bridgehead atoms. The quantitative estimate of drug-likeness (QED) is 0.740. The number of aromatic nitrogens is 2. The van der Waals surface area contributed by atoms with Crippen molar-refractivity contribution in [3.8, 4) is 0 Å². The zero-order chi connectivity index (χ0) is 14.4. The predicted octanol–water partition coefficient (Wildman–Crippen LogP) is -0.395. The van der Waals surface area contributed by atoms with E-state index in [0.717, 1.165) is 32.0 Å². The molecule has 1 amide bonds. The number of nitrogens with zero attached hydrogens (tertiary/aromatic N) is 4. The molecule has 1 N–H and O–H groups in total. The summed E-state index contributed by atoms with van der Waals surface area (Å²) in [5.74, 6) is 0.616. The van der Waals surface area contributed by atoms with Crippen molar-refractivity contribution in [2.45, 2.75) is 0 Å². The molecule has 7 heteroatoms. The Morgan fingerprint density at radius 3 is 2.80 bits per heavy atom. The highest BCUT2D eigenvalue weighted by molar-refractivity contribution is 5.92. The van der Waals surface area contributed by atoms with Crippen molar-refractivity contribution in [2.75, 3.05) is 58.4 Å². The molecule has 1 fully saturated rings. The van der Waals surface area contributed by atoms with Crippen LogP contribution in [0.3, 0.4) is 0 Å². The van der Waals surface area contributed by atoms with Crippen molar-refractivity contribution in [3.63, 3.8) is 0 Å². The summed E-state index contributed by atoms with van der Waals surface area (Å²) in [5, 5.41) is 2.76. The van der Waals surface area contributed by atoms with Gasteiger partial charge in [-0.25, -0.2) is 9.97 Å². The first-order chi connectivity index (χ1) is 9.70. The fourth-order valence-electron chi connectivity index (χ4n) is 2.04. The van der Waals surface area contributed by atoms with E-state index >= 15 is 0 Å². The summed E-state index contributed by atoms with van der Waals surface area (Å²) in [4.78, 5) is 24.7. The molecule has 2 heterocycles. The summed E-state index contributed by atoms with van der Waals surface area (Å²) in [5.41, 5.74) is 0.394. The second-order valence-electron chi connectivity index (χ2n) is 4.80. The predicted molar refractivity (Wildman–Crippen MR) is 76.0 cm³/mol. The molecule has 0 atom stereocenters. The van der Waals surface area contributed by atoms with Gasteiger partial charge in [0.25, 0.3) is 5.91 Å². The Bertz CT molecular complexity index is 446. The van der Waals surface area contributed by atoms with Gasteiger partial charge in [0.15, 0.2) is 0 Å². The highest BCUT2D eigenvalue weighted by Crippen LogP contribution is 2.13. The largest absolute Gasteiger partial charge is 0.383 e. The second kappa shape index (κ2) is 7.16. The molecule has 0 radical (unpaired) electrons. The van der Waals surface area contributed by atoms with Gasteiger partial charge in [-0.2, -0.15) is 0 Å². The lowest BCUT2D eigenvalue weighted by Crippen LogP contribution is -2.45. The highest BCUT2D eigenvalue weighted by atomic mass is 16.5. The van der Waals surface area contributed by atoms with Crippen molar-refractivity contribution < 1.29 is 9.53 Å². The topological polar surface area (TPSA) is 70.6 Å². The molecule has 1 aliphatic heterocycles. The van der Waals surface area contributed by atoms with Gasteiger partial charge in [-0.3, -0.25) is 4.79 Å². The Morgan fingerprint density at radius 2 is 2.10 bits per heavy atom. The Hall–Kier alpha value is -1.73. The second-order valence-corrected chi connectivity index (χ2v) is 4.80. The van der Waals surface area contributed by atoms with Crippen LogP contribution in [-0.2, 0) is 4.74 Å². The number of carbonyl (C=O) groups is 1. The number of anilines is 1. The molecular formula is C13H21N5O2. The minimum atomic E-state index is -0.195. The third-order valence-corrected chi connectivity index (χ3v) is 3.30. The minimum absolute atomic E-state index is 0.195. The number of methoxy groups -OCH3 is 1. The van der Waals surface area contributed by atoms with Gasteiger partial charge in [-0.15, -0.1) is 0 Å². The van der Waals surface area contributed by atoms with Gasteiger partial charge < -0.3 is 19.9 Å². The summed E-state index contributed by atoms with van der Waals surface area (Å²) in [7, 11) is 3.70. The van der Waals surface area contributed by atoms with Gasteiger partial charge in [0.2, 0.25) is 0 Å². The molecule has 20 heavy (non-hydrogen) atoms. The number of hydrogen-bond acceptors (Lipinski definition) is 6. The van der Waals surface area contributed by atoms with E-state index in [2.05, 4.69) is 32.1 Å². The van der Waals surface area contributed by atoms with Gasteiger partial charge in [-0.1, -0.05) is 0 Å². The van der Waals surface area contributed by atoms with Crippen LogP contribution in [0, 0.1) is 0 Å². The summed E-state index contributed by atoms with van der Waals surface area (Å²) in [6.45, 7) is 4.79. The van der Waals surface area contributed by atoms with Gasteiger partial charge in [0, 0.05) is 45.9 Å². The van der Waals surface area contributed by atoms with E-state index in [-0.39, 0.29) is 5.91 Å². The van der Waals surface area contributed by atoms with E-state index in [9.17, 15) is 4.79 Å². The molecule has 1 saturated heterocycles. The van der Waals surface area contributed by atoms with Crippen molar-refractivity contribution in [1.82, 2.24) is 20.2 Å². The van der Waals surface area contributed by atoms with Crippen molar-refractivity contribution in [2.24, 2.45) is 0 Å². The summed E-state index contributed by atoms with van der Waals surface area (Å²) < 4.78 is 4.90.